The Kier molecular flexibility index (Phi) is 4.72. The molecule has 1 aliphatic carbocycles. The second-order valence-corrected chi connectivity index (χ2v) is 4.50. The van der Waals surface area contributed by atoms with Crippen LogP contribution in [0, 0.1) is 5.92 Å². The molecule has 1 aromatic rings. The molecule has 0 radical (unpaired) electrons. The molecule has 18 heavy (non-hydrogen) atoms. The molecule has 1 heterocycles. The van der Waals surface area contributed by atoms with Crippen molar-refractivity contribution in [3.8, 4) is 0 Å². The van der Waals surface area contributed by atoms with Gasteiger partial charge in [-0.05, 0) is 18.8 Å². The Hall–Kier alpha value is -1.40. The van der Waals surface area contributed by atoms with E-state index in [2.05, 4.69) is 20.7 Å². The van der Waals surface area contributed by atoms with E-state index in [1.54, 1.807) is 6.07 Å². The van der Waals surface area contributed by atoms with Crippen LogP contribution in [0.25, 0.3) is 0 Å². The first kappa shape index (κ1) is 13.0. The molecule has 1 aliphatic rings. The highest BCUT2D eigenvalue weighted by Gasteiger charge is 2.20. The van der Waals surface area contributed by atoms with Crippen molar-refractivity contribution in [2.24, 2.45) is 11.8 Å². The van der Waals surface area contributed by atoms with Gasteiger partial charge in [0.15, 0.2) is 0 Å². The van der Waals surface area contributed by atoms with Gasteiger partial charge in [-0.3, -0.25) is 0 Å². The zero-order valence-corrected chi connectivity index (χ0v) is 10.8. The largest absolute Gasteiger partial charge is 0.379 e. The van der Waals surface area contributed by atoms with E-state index in [1.165, 1.54) is 12.8 Å². The third-order valence-electron chi connectivity index (χ3n) is 2.84. The first-order valence-electron chi connectivity index (χ1n) is 6.48. The van der Waals surface area contributed by atoms with Crippen molar-refractivity contribution in [2.75, 3.05) is 30.5 Å². The third kappa shape index (κ3) is 4.12. The van der Waals surface area contributed by atoms with E-state index >= 15 is 0 Å². The van der Waals surface area contributed by atoms with Crippen LogP contribution in [0.5, 0.6) is 0 Å². The minimum Gasteiger partial charge on any atom is -0.379 e. The first-order valence-corrected chi connectivity index (χ1v) is 6.48. The van der Waals surface area contributed by atoms with Gasteiger partial charge in [-0.1, -0.05) is 6.92 Å². The van der Waals surface area contributed by atoms with Crippen molar-refractivity contribution in [1.29, 1.82) is 0 Å². The molecule has 0 amide bonds. The number of nitrogens with zero attached hydrogens (tertiary/aromatic N) is 2. The highest BCUT2D eigenvalue weighted by Crippen LogP contribution is 2.28. The normalized spacial score (nSPS) is 14.6. The Morgan fingerprint density at radius 2 is 2.17 bits per heavy atom. The van der Waals surface area contributed by atoms with Crippen LogP contribution in [0.4, 0.5) is 11.6 Å². The second-order valence-electron chi connectivity index (χ2n) is 4.50. The van der Waals surface area contributed by atoms with Crippen LogP contribution in [-0.2, 0) is 11.2 Å². The van der Waals surface area contributed by atoms with Crippen LogP contribution in [0.2, 0.25) is 0 Å². The van der Waals surface area contributed by atoms with Gasteiger partial charge in [-0.2, -0.15) is 0 Å². The second kappa shape index (κ2) is 6.51. The van der Waals surface area contributed by atoms with E-state index in [0.717, 1.165) is 37.1 Å². The maximum atomic E-state index is 5.55. The van der Waals surface area contributed by atoms with Crippen molar-refractivity contribution in [3.63, 3.8) is 0 Å². The van der Waals surface area contributed by atoms with Crippen LogP contribution in [0.3, 0.4) is 0 Å². The Morgan fingerprint density at radius 1 is 1.39 bits per heavy atom. The zero-order chi connectivity index (χ0) is 12.8. The Bertz CT molecular complexity index is 358. The van der Waals surface area contributed by atoms with Crippen LogP contribution < -0.4 is 16.6 Å². The lowest BCUT2D eigenvalue weighted by molar-refractivity contribution is 0.134. The summed E-state index contributed by atoms with van der Waals surface area (Å²) in [5, 5.41) is 3.22. The molecule has 2 rings (SSSR count). The smallest absolute Gasteiger partial charge is 0.145 e. The molecule has 0 spiro atoms. The number of hydrogen-bond acceptors (Lipinski definition) is 6. The van der Waals surface area contributed by atoms with Gasteiger partial charge in [-0.15, -0.1) is 0 Å². The van der Waals surface area contributed by atoms with Crippen LogP contribution in [0.1, 0.15) is 25.6 Å². The van der Waals surface area contributed by atoms with Crippen molar-refractivity contribution in [2.45, 2.75) is 26.2 Å². The summed E-state index contributed by atoms with van der Waals surface area (Å²) in [5.74, 6) is 8.36. The maximum Gasteiger partial charge on any atom is 0.145 e. The predicted octanol–water partition coefficient (Wildman–Crippen LogP) is 1.16. The molecule has 4 N–H and O–H groups in total. The SMILES string of the molecule is CCc1nc(NN)cc(NCCOCC2CC2)n1. The molecule has 1 fully saturated rings. The summed E-state index contributed by atoms with van der Waals surface area (Å²) >= 11 is 0. The summed E-state index contributed by atoms with van der Waals surface area (Å²) in [4.78, 5) is 8.60. The number of nitrogens with two attached hydrogens (primary N) is 1. The fraction of sp³-hybridized carbons (Fsp3) is 0.667. The molecule has 0 bridgehead atoms. The predicted molar refractivity (Wildman–Crippen MR) is 71.3 cm³/mol. The van der Waals surface area contributed by atoms with Crippen LogP contribution in [-0.4, -0.2) is 29.7 Å². The van der Waals surface area contributed by atoms with Gasteiger partial charge >= 0.3 is 0 Å². The van der Waals surface area contributed by atoms with E-state index in [9.17, 15) is 0 Å². The number of ether oxygens (including phenoxy) is 1. The number of hydrazine groups is 1. The van der Waals surface area contributed by atoms with Crippen molar-refractivity contribution < 1.29 is 4.74 Å². The van der Waals surface area contributed by atoms with Gasteiger partial charge in [0, 0.05) is 25.6 Å². The summed E-state index contributed by atoms with van der Waals surface area (Å²) in [5.41, 5.74) is 2.54. The molecule has 0 unspecified atom stereocenters. The number of nitrogen functional groups attached to an aromatic ring is 1. The summed E-state index contributed by atoms with van der Waals surface area (Å²) in [6.07, 6.45) is 3.43. The molecule has 1 saturated carbocycles. The first-order chi connectivity index (χ1) is 8.81. The number of aromatic nitrogens is 2. The standard InChI is InChI=1S/C12H21N5O/c1-2-10-15-11(7-12(16-10)17-13)14-5-6-18-8-9-3-4-9/h7,9H,2-6,8,13H2,1H3,(H2,14,15,16,17). The van der Waals surface area contributed by atoms with Crippen molar-refractivity contribution >= 4 is 11.6 Å². The topological polar surface area (TPSA) is 85.1 Å². The summed E-state index contributed by atoms with van der Waals surface area (Å²) in [6.45, 7) is 4.35. The average Bonchev–Trinajstić information content (AvgIpc) is 3.22. The minimum absolute atomic E-state index is 0.628. The average molecular weight is 251 g/mol. The third-order valence-corrected chi connectivity index (χ3v) is 2.84. The van der Waals surface area contributed by atoms with Crippen molar-refractivity contribution in [3.05, 3.63) is 11.9 Å². The summed E-state index contributed by atoms with van der Waals surface area (Å²) < 4.78 is 5.55. The molecule has 0 atom stereocenters. The van der Waals surface area contributed by atoms with E-state index in [1.807, 2.05) is 6.92 Å². The van der Waals surface area contributed by atoms with Gasteiger partial charge < -0.3 is 15.5 Å². The van der Waals surface area contributed by atoms with Crippen molar-refractivity contribution in [1.82, 2.24) is 9.97 Å². The molecule has 1 aromatic heterocycles. The van der Waals surface area contributed by atoms with Gasteiger partial charge in [-0.25, -0.2) is 15.8 Å². The van der Waals surface area contributed by atoms with Gasteiger partial charge in [0.25, 0.3) is 0 Å². The summed E-state index contributed by atoms with van der Waals surface area (Å²) in [6, 6.07) is 1.79. The Morgan fingerprint density at radius 3 is 2.83 bits per heavy atom. The Balaban J connectivity index is 1.75. The molecule has 0 aliphatic heterocycles. The van der Waals surface area contributed by atoms with E-state index < -0.39 is 0 Å². The zero-order valence-electron chi connectivity index (χ0n) is 10.8. The molecule has 100 valence electrons. The quantitative estimate of drug-likeness (QED) is 0.365. The number of aryl methyl sites for hydroxylation is 1. The van der Waals surface area contributed by atoms with Gasteiger partial charge in [0.05, 0.1) is 6.61 Å². The Labute approximate surface area is 107 Å². The van der Waals surface area contributed by atoms with Gasteiger partial charge in [0.1, 0.15) is 17.5 Å². The van der Waals surface area contributed by atoms with E-state index in [4.69, 9.17) is 10.6 Å². The molecule has 6 heteroatoms. The lowest BCUT2D eigenvalue weighted by atomic mass is 10.4. The summed E-state index contributed by atoms with van der Waals surface area (Å²) in [7, 11) is 0. The molecular formula is C12H21N5O. The monoisotopic (exact) mass is 251 g/mol. The molecular weight excluding hydrogens is 230 g/mol. The van der Waals surface area contributed by atoms with E-state index in [0.29, 0.717) is 12.4 Å². The lowest BCUT2D eigenvalue weighted by Crippen LogP contribution is -2.14. The minimum atomic E-state index is 0.628. The number of nitrogens with one attached hydrogen (secondary N) is 2. The highest BCUT2D eigenvalue weighted by atomic mass is 16.5. The maximum absolute atomic E-state index is 5.55. The van der Waals surface area contributed by atoms with E-state index in [-0.39, 0.29) is 0 Å². The number of anilines is 2. The number of hydrogen-bond donors (Lipinski definition) is 3. The molecule has 0 saturated heterocycles. The fourth-order valence-corrected chi connectivity index (χ4v) is 1.61. The fourth-order valence-electron chi connectivity index (χ4n) is 1.61. The molecule has 6 nitrogen and oxygen atoms in total. The number of rotatable bonds is 8. The molecule has 0 aromatic carbocycles. The highest BCUT2D eigenvalue weighted by molar-refractivity contribution is 5.46. The van der Waals surface area contributed by atoms with Gasteiger partial charge in [0.2, 0.25) is 0 Å². The van der Waals surface area contributed by atoms with Crippen LogP contribution in [0.15, 0.2) is 6.07 Å². The van der Waals surface area contributed by atoms with Crippen LogP contribution >= 0.6 is 0 Å². The lowest BCUT2D eigenvalue weighted by Gasteiger charge is -2.09.